The van der Waals surface area contributed by atoms with E-state index < -0.39 is 0 Å². The molecule has 0 aliphatic heterocycles. The van der Waals surface area contributed by atoms with E-state index in [1.807, 2.05) is 26.8 Å². The summed E-state index contributed by atoms with van der Waals surface area (Å²) in [5, 5.41) is 11.0. The molecular weight excluding hydrogens is 340 g/mol. The largest absolute Gasteiger partial charge is 0.357 e. The highest BCUT2D eigenvalue weighted by Gasteiger charge is 2.09. The first-order chi connectivity index (χ1) is 12.1. The Morgan fingerprint density at radius 2 is 2.12 bits per heavy atom. The first kappa shape index (κ1) is 19.2. The third-order valence-corrected chi connectivity index (χ3v) is 3.66. The minimum Gasteiger partial charge on any atom is -0.357 e. The molecule has 0 aromatic carbocycles. The number of halogens is 1. The fourth-order valence-corrected chi connectivity index (χ4v) is 2.20. The molecule has 7 nitrogen and oxygen atoms in total. The van der Waals surface area contributed by atoms with Gasteiger partial charge in [-0.1, -0.05) is 36.7 Å². The number of pyridine rings is 1. The standard InChI is InChI=1S/C17H25ClN6O/c1-4-19-17(20-9-7-13-5-6-14(18)22-11-13)21-10-8-15-23-16(12(2)3)24-25-15/h5-6,11-12H,4,7-10H2,1-3H3,(H2,19,20,21). The summed E-state index contributed by atoms with van der Waals surface area (Å²) in [6, 6.07) is 3.77. The lowest BCUT2D eigenvalue weighted by molar-refractivity contribution is 0.372. The van der Waals surface area contributed by atoms with Gasteiger partial charge in [-0.05, 0) is 25.0 Å². The van der Waals surface area contributed by atoms with Crippen molar-refractivity contribution in [2.45, 2.75) is 39.5 Å². The molecule has 0 amide bonds. The molecule has 0 unspecified atom stereocenters. The molecule has 0 aliphatic rings. The Kier molecular flexibility index (Phi) is 7.66. The summed E-state index contributed by atoms with van der Waals surface area (Å²) in [6.45, 7) is 8.25. The van der Waals surface area contributed by atoms with Crippen molar-refractivity contribution in [1.82, 2.24) is 25.8 Å². The fourth-order valence-electron chi connectivity index (χ4n) is 2.09. The number of aliphatic imine (C=N–C) groups is 1. The molecule has 2 aromatic rings. The van der Waals surface area contributed by atoms with Gasteiger partial charge in [0, 0.05) is 31.6 Å². The summed E-state index contributed by atoms with van der Waals surface area (Å²) < 4.78 is 5.23. The first-order valence-electron chi connectivity index (χ1n) is 8.53. The van der Waals surface area contributed by atoms with Crippen LogP contribution in [0.2, 0.25) is 5.15 Å². The van der Waals surface area contributed by atoms with Crippen molar-refractivity contribution in [3.8, 4) is 0 Å². The van der Waals surface area contributed by atoms with Crippen LogP contribution in [0.3, 0.4) is 0 Å². The quantitative estimate of drug-likeness (QED) is 0.425. The maximum absolute atomic E-state index is 5.79. The summed E-state index contributed by atoms with van der Waals surface area (Å²) in [6.07, 6.45) is 3.25. The van der Waals surface area contributed by atoms with E-state index in [1.54, 1.807) is 12.3 Å². The summed E-state index contributed by atoms with van der Waals surface area (Å²) >= 11 is 5.79. The van der Waals surface area contributed by atoms with Gasteiger partial charge in [-0.25, -0.2) is 4.98 Å². The predicted octanol–water partition coefficient (Wildman–Crippen LogP) is 2.58. The normalized spacial score (nSPS) is 11.8. The highest BCUT2D eigenvalue weighted by molar-refractivity contribution is 6.29. The molecule has 0 spiro atoms. The zero-order valence-electron chi connectivity index (χ0n) is 14.9. The first-order valence-corrected chi connectivity index (χ1v) is 8.91. The fraction of sp³-hybridized carbons (Fsp3) is 0.529. The second kappa shape index (κ2) is 9.98. The van der Waals surface area contributed by atoms with E-state index in [0.717, 1.165) is 36.9 Å². The van der Waals surface area contributed by atoms with Crippen molar-refractivity contribution in [3.63, 3.8) is 0 Å². The van der Waals surface area contributed by atoms with Gasteiger partial charge < -0.3 is 15.2 Å². The van der Waals surface area contributed by atoms with Crippen LogP contribution >= 0.6 is 11.6 Å². The van der Waals surface area contributed by atoms with Crippen LogP contribution in [0.5, 0.6) is 0 Å². The van der Waals surface area contributed by atoms with Crippen LogP contribution in [0.15, 0.2) is 27.8 Å². The Labute approximate surface area is 153 Å². The molecule has 0 radical (unpaired) electrons. The van der Waals surface area contributed by atoms with E-state index in [9.17, 15) is 0 Å². The van der Waals surface area contributed by atoms with Crippen molar-refractivity contribution < 1.29 is 4.52 Å². The Morgan fingerprint density at radius 1 is 1.28 bits per heavy atom. The summed E-state index contributed by atoms with van der Waals surface area (Å²) in [7, 11) is 0. The lowest BCUT2D eigenvalue weighted by atomic mass is 10.2. The predicted molar refractivity (Wildman–Crippen MR) is 99.0 cm³/mol. The lowest BCUT2D eigenvalue weighted by Crippen LogP contribution is -2.38. The molecule has 136 valence electrons. The van der Waals surface area contributed by atoms with Gasteiger partial charge >= 0.3 is 0 Å². The van der Waals surface area contributed by atoms with Crippen molar-refractivity contribution in [3.05, 3.63) is 40.8 Å². The van der Waals surface area contributed by atoms with Gasteiger partial charge in [0.05, 0.1) is 6.54 Å². The van der Waals surface area contributed by atoms with E-state index >= 15 is 0 Å². The number of nitrogens with zero attached hydrogens (tertiary/aromatic N) is 4. The van der Waals surface area contributed by atoms with Crippen LogP contribution in [-0.2, 0) is 12.8 Å². The Balaban J connectivity index is 1.79. The second-order valence-corrected chi connectivity index (χ2v) is 6.26. The second-order valence-electron chi connectivity index (χ2n) is 5.88. The molecule has 0 aliphatic carbocycles. The van der Waals surface area contributed by atoms with Crippen molar-refractivity contribution in [2.24, 2.45) is 4.99 Å². The van der Waals surface area contributed by atoms with Crippen molar-refractivity contribution in [1.29, 1.82) is 0 Å². The molecular formula is C17H25ClN6O. The Bertz CT molecular complexity index is 668. The van der Waals surface area contributed by atoms with Crippen LogP contribution in [0.25, 0.3) is 0 Å². The third kappa shape index (κ3) is 6.70. The molecule has 0 saturated carbocycles. The smallest absolute Gasteiger partial charge is 0.228 e. The maximum atomic E-state index is 5.79. The van der Waals surface area contributed by atoms with Crippen LogP contribution in [-0.4, -0.2) is 40.7 Å². The van der Waals surface area contributed by atoms with Gasteiger partial charge in [-0.2, -0.15) is 4.98 Å². The SMILES string of the molecule is CCNC(=NCCc1nc(C(C)C)no1)NCCc1ccc(Cl)nc1. The van der Waals surface area contributed by atoms with Gasteiger partial charge in [0.25, 0.3) is 0 Å². The van der Waals surface area contributed by atoms with Crippen LogP contribution in [0, 0.1) is 0 Å². The van der Waals surface area contributed by atoms with Gasteiger partial charge in [-0.3, -0.25) is 4.99 Å². The van der Waals surface area contributed by atoms with Crippen molar-refractivity contribution >= 4 is 17.6 Å². The van der Waals surface area contributed by atoms with Gasteiger partial charge in [-0.15, -0.1) is 0 Å². The molecule has 2 heterocycles. The number of guanidine groups is 1. The average Bonchev–Trinajstić information content (AvgIpc) is 3.06. The molecule has 0 saturated heterocycles. The number of rotatable bonds is 8. The molecule has 8 heteroatoms. The van der Waals surface area contributed by atoms with E-state index in [-0.39, 0.29) is 5.92 Å². The number of hydrogen-bond acceptors (Lipinski definition) is 5. The molecule has 2 N–H and O–H groups in total. The molecule has 2 aromatic heterocycles. The highest BCUT2D eigenvalue weighted by atomic mass is 35.5. The third-order valence-electron chi connectivity index (χ3n) is 3.43. The number of nitrogens with one attached hydrogen (secondary N) is 2. The minimum atomic E-state index is 0.266. The van der Waals surface area contributed by atoms with Crippen LogP contribution < -0.4 is 10.6 Å². The summed E-state index contributed by atoms with van der Waals surface area (Å²) in [5.41, 5.74) is 1.12. The van der Waals surface area contributed by atoms with Gasteiger partial charge in [0.15, 0.2) is 11.8 Å². The zero-order valence-corrected chi connectivity index (χ0v) is 15.7. The van der Waals surface area contributed by atoms with Gasteiger partial charge in [0.1, 0.15) is 5.15 Å². The van der Waals surface area contributed by atoms with Crippen molar-refractivity contribution in [2.75, 3.05) is 19.6 Å². The maximum Gasteiger partial charge on any atom is 0.228 e. The summed E-state index contributed by atoms with van der Waals surface area (Å²) in [4.78, 5) is 13.0. The van der Waals surface area contributed by atoms with E-state index in [4.69, 9.17) is 16.1 Å². The monoisotopic (exact) mass is 364 g/mol. The summed E-state index contributed by atoms with van der Waals surface area (Å²) in [5.74, 6) is 2.39. The van der Waals surface area contributed by atoms with E-state index in [1.165, 1.54) is 0 Å². The lowest BCUT2D eigenvalue weighted by Gasteiger charge is -2.11. The number of hydrogen-bond donors (Lipinski definition) is 2. The van der Waals surface area contributed by atoms with E-state index in [2.05, 4.69) is 30.8 Å². The highest BCUT2D eigenvalue weighted by Crippen LogP contribution is 2.09. The molecule has 25 heavy (non-hydrogen) atoms. The van der Waals surface area contributed by atoms with Gasteiger partial charge in [0.2, 0.25) is 5.89 Å². The molecule has 0 fully saturated rings. The Hall–Kier alpha value is -2.15. The molecule has 2 rings (SSSR count). The Morgan fingerprint density at radius 3 is 2.76 bits per heavy atom. The minimum absolute atomic E-state index is 0.266. The van der Waals surface area contributed by atoms with Crippen LogP contribution in [0.1, 0.15) is 44.0 Å². The number of aromatic nitrogens is 3. The zero-order chi connectivity index (χ0) is 18.1. The topological polar surface area (TPSA) is 88.2 Å². The average molecular weight is 365 g/mol. The van der Waals surface area contributed by atoms with Crippen LogP contribution in [0.4, 0.5) is 0 Å². The molecule has 0 bridgehead atoms. The molecule has 0 atom stereocenters. The van der Waals surface area contributed by atoms with E-state index in [0.29, 0.717) is 24.0 Å².